The first-order chi connectivity index (χ1) is 7.18. The summed E-state index contributed by atoms with van der Waals surface area (Å²) in [5, 5.41) is 5.72. The van der Waals surface area contributed by atoms with Crippen LogP contribution in [0.25, 0.3) is 0 Å². The van der Waals surface area contributed by atoms with Crippen LogP contribution in [0.2, 0.25) is 13.1 Å². The summed E-state index contributed by atoms with van der Waals surface area (Å²) in [6.45, 7) is 13.7. The number of rotatable bonds is 3. The molecule has 1 aliphatic rings. The van der Waals surface area contributed by atoms with Crippen LogP contribution in [0.1, 0.15) is 27.7 Å². The second-order valence-corrected chi connectivity index (χ2v) is 9.48. The van der Waals surface area contributed by atoms with Crippen molar-refractivity contribution in [1.29, 1.82) is 0 Å². The summed E-state index contributed by atoms with van der Waals surface area (Å²) in [5.41, 5.74) is 1.58. The maximum Gasteiger partial charge on any atom is 0.143 e. The highest BCUT2D eigenvalue weighted by Gasteiger charge is 2.51. The second-order valence-electron chi connectivity index (χ2n) is 5.51. The lowest BCUT2D eigenvalue weighted by Gasteiger charge is -2.37. The Balaban J connectivity index is 2.86. The first kappa shape index (κ1) is 14.2. The molecule has 0 aromatic carbocycles. The van der Waals surface area contributed by atoms with E-state index in [4.69, 9.17) is 0 Å². The van der Waals surface area contributed by atoms with E-state index in [1.54, 1.807) is 5.54 Å². The van der Waals surface area contributed by atoms with Gasteiger partial charge < -0.3 is 0 Å². The van der Waals surface area contributed by atoms with Crippen molar-refractivity contribution in [2.24, 2.45) is 0 Å². The fourth-order valence-corrected chi connectivity index (χ4v) is 6.25. The minimum absolute atomic E-state index is 1.47. The molecule has 16 heavy (non-hydrogen) atoms. The van der Waals surface area contributed by atoms with E-state index in [2.05, 4.69) is 65.0 Å². The quantitative estimate of drug-likeness (QED) is 0.600. The zero-order chi connectivity index (χ0) is 12.7. The van der Waals surface area contributed by atoms with Crippen LogP contribution in [0, 0.1) is 29.2 Å². The highest BCUT2D eigenvalue weighted by Crippen LogP contribution is 2.54. The molecule has 91 valence electrons. The van der Waals surface area contributed by atoms with Crippen LogP contribution in [0.3, 0.4) is 0 Å². The lowest BCUT2D eigenvalue weighted by Crippen LogP contribution is -2.57. The number of hydrazine groups is 1. The summed E-state index contributed by atoms with van der Waals surface area (Å²) in [6.07, 6.45) is 0. The summed E-state index contributed by atoms with van der Waals surface area (Å²) in [7, 11) is 2.58. The van der Waals surface area contributed by atoms with Gasteiger partial charge in [0.15, 0.2) is 0 Å². The Morgan fingerprint density at radius 2 is 1.19 bits per heavy atom. The van der Waals surface area contributed by atoms with E-state index in [1.165, 1.54) is 23.7 Å². The Labute approximate surface area is 103 Å². The van der Waals surface area contributed by atoms with Crippen LogP contribution in [-0.4, -0.2) is 27.3 Å². The Morgan fingerprint density at radius 1 is 0.812 bits per heavy atom. The molecule has 1 aliphatic carbocycles. The van der Waals surface area contributed by atoms with Crippen molar-refractivity contribution in [1.82, 2.24) is 10.1 Å². The van der Waals surface area contributed by atoms with E-state index >= 15 is 0 Å². The maximum atomic E-state index is 3.63. The van der Waals surface area contributed by atoms with Crippen LogP contribution >= 0.6 is 0 Å². The minimum Gasteiger partial charge on any atom is -0.276 e. The molecule has 0 atom stereocenters. The van der Waals surface area contributed by atoms with Crippen molar-refractivity contribution in [3.8, 4) is 0 Å². The molecule has 1 N–H and O–H groups in total. The first-order valence-corrected chi connectivity index (χ1v) is 8.87. The van der Waals surface area contributed by atoms with Crippen LogP contribution in [-0.2, 0) is 0 Å². The second kappa shape index (κ2) is 4.79. The number of nitrogens with one attached hydrogen (secondary N) is 1. The molecule has 1 saturated carbocycles. The summed E-state index contributed by atoms with van der Waals surface area (Å²) >= 11 is 0. The fourth-order valence-electron chi connectivity index (χ4n) is 2.77. The first-order valence-electron chi connectivity index (χ1n) is 5.87. The Kier molecular flexibility index (Phi) is 4.25. The summed E-state index contributed by atoms with van der Waals surface area (Å²) in [6, 6.07) is 0. The van der Waals surface area contributed by atoms with Gasteiger partial charge in [-0.05, 0) is 29.2 Å². The molecular weight excluding hydrogens is 212 g/mol. The highest BCUT2D eigenvalue weighted by atomic mass is 28.3. The van der Waals surface area contributed by atoms with Crippen LogP contribution in [0.5, 0.6) is 0 Å². The summed E-state index contributed by atoms with van der Waals surface area (Å²) in [4.78, 5) is 0. The molecule has 2 nitrogen and oxygen atoms in total. The third-order valence-corrected chi connectivity index (χ3v) is 6.57. The Bertz CT molecular complexity index is 226. The molecule has 0 unspecified atom stereocenters. The predicted molar refractivity (Wildman–Crippen MR) is 73.2 cm³/mol. The molecule has 0 heterocycles. The van der Waals surface area contributed by atoms with E-state index in [-0.39, 0.29) is 0 Å². The molecule has 3 heteroatoms. The van der Waals surface area contributed by atoms with E-state index in [0.717, 1.165) is 0 Å². The minimum atomic E-state index is -1.57. The van der Waals surface area contributed by atoms with E-state index in [9.17, 15) is 0 Å². The van der Waals surface area contributed by atoms with Gasteiger partial charge in [0.1, 0.15) is 8.24 Å². The molecule has 1 rings (SSSR count). The standard InChI is InChI=1S/C13H25N2Si/c1-9-10(2)12(4)13(11(9)3)16(7,8)14-15(5)6/h14H,1-8H3. The van der Waals surface area contributed by atoms with Gasteiger partial charge in [-0.3, -0.25) is 10.1 Å². The Hall–Kier alpha value is 0.137. The molecule has 0 bridgehead atoms. The van der Waals surface area contributed by atoms with Crippen molar-refractivity contribution < 1.29 is 0 Å². The lowest BCUT2D eigenvalue weighted by molar-refractivity contribution is 0.363. The van der Waals surface area contributed by atoms with Gasteiger partial charge in [-0.1, -0.05) is 40.8 Å². The van der Waals surface area contributed by atoms with Gasteiger partial charge in [0, 0.05) is 14.1 Å². The monoisotopic (exact) mass is 237 g/mol. The molecule has 0 saturated heterocycles. The van der Waals surface area contributed by atoms with Crippen molar-refractivity contribution >= 4 is 8.24 Å². The third kappa shape index (κ3) is 2.52. The van der Waals surface area contributed by atoms with Gasteiger partial charge in [-0.15, -0.1) is 0 Å². The number of hydrogen-bond donors (Lipinski definition) is 1. The van der Waals surface area contributed by atoms with Crippen molar-refractivity contribution in [3.05, 3.63) is 29.2 Å². The molecular formula is C13H25N2Si. The van der Waals surface area contributed by atoms with Gasteiger partial charge in [0.25, 0.3) is 0 Å². The van der Waals surface area contributed by atoms with E-state index in [1.807, 2.05) is 0 Å². The third-order valence-electron chi connectivity index (χ3n) is 3.57. The number of nitrogens with zero attached hydrogens (tertiary/aromatic N) is 1. The molecule has 0 aromatic heterocycles. The average molecular weight is 237 g/mol. The van der Waals surface area contributed by atoms with Crippen LogP contribution < -0.4 is 5.09 Å². The maximum absolute atomic E-state index is 3.63. The molecule has 1 fully saturated rings. The Morgan fingerprint density at radius 3 is 1.50 bits per heavy atom. The smallest absolute Gasteiger partial charge is 0.143 e. The van der Waals surface area contributed by atoms with Gasteiger partial charge in [0.05, 0.1) is 0 Å². The molecule has 0 amide bonds. The lowest BCUT2D eigenvalue weighted by atomic mass is 9.92. The number of hydrogen-bond acceptors (Lipinski definition) is 2. The zero-order valence-corrected chi connectivity index (χ0v) is 12.9. The molecule has 0 aliphatic heterocycles. The van der Waals surface area contributed by atoms with Crippen LogP contribution in [0.15, 0.2) is 0 Å². The van der Waals surface area contributed by atoms with Gasteiger partial charge in [0.2, 0.25) is 0 Å². The molecule has 0 spiro atoms. The summed E-state index contributed by atoms with van der Waals surface area (Å²) < 4.78 is 0. The predicted octanol–water partition coefficient (Wildman–Crippen LogP) is 2.76. The van der Waals surface area contributed by atoms with Crippen LogP contribution in [0.4, 0.5) is 0 Å². The highest BCUT2D eigenvalue weighted by molar-refractivity contribution is 6.81. The van der Waals surface area contributed by atoms with Gasteiger partial charge in [-0.25, -0.2) is 0 Å². The van der Waals surface area contributed by atoms with Gasteiger partial charge >= 0.3 is 0 Å². The van der Waals surface area contributed by atoms with Crippen molar-refractivity contribution in [3.63, 3.8) is 0 Å². The topological polar surface area (TPSA) is 15.3 Å². The van der Waals surface area contributed by atoms with Crippen molar-refractivity contribution in [2.75, 3.05) is 14.1 Å². The SMILES string of the molecule is C[C]1[C](C)[C](C)[C]([Si](C)(C)NN(C)C)[C]1C. The fraction of sp³-hybridized carbons (Fsp3) is 0.615. The molecule has 0 aromatic rings. The molecule has 5 radical (unpaired) electrons. The van der Waals surface area contributed by atoms with E-state index < -0.39 is 8.24 Å². The van der Waals surface area contributed by atoms with Crippen molar-refractivity contribution in [2.45, 2.75) is 40.8 Å². The van der Waals surface area contributed by atoms with E-state index in [0.29, 0.717) is 0 Å². The zero-order valence-electron chi connectivity index (χ0n) is 11.9. The average Bonchev–Trinajstić information content (AvgIpc) is 2.29. The normalized spacial score (nSPS) is 23.8. The van der Waals surface area contributed by atoms with Gasteiger partial charge in [-0.2, -0.15) is 0 Å². The largest absolute Gasteiger partial charge is 0.276 e. The summed E-state index contributed by atoms with van der Waals surface area (Å²) in [5.74, 6) is 5.91.